The van der Waals surface area contributed by atoms with Gasteiger partial charge in [0.1, 0.15) is 5.75 Å². The number of rotatable bonds is 6. The van der Waals surface area contributed by atoms with E-state index in [0.29, 0.717) is 5.75 Å². The van der Waals surface area contributed by atoms with Crippen molar-refractivity contribution in [2.45, 2.75) is 45.4 Å². The van der Waals surface area contributed by atoms with Crippen molar-refractivity contribution in [2.24, 2.45) is 5.92 Å². The summed E-state index contributed by atoms with van der Waals surface area (Å²) >= 11 is 6.02. The molecule has 0 saturated carbocycles. The van der Waals surface area contributed by atoms with Gasteiger partial charge in [-0.1, -0.05) is 18.0 Å². The van der Waals surface area contributed by atoms with E-state index in [1.165, 1.54) is 45.3 Å². The van der Waals surface area contributed by atoms with Gasteiger partial charge in [-0.15, -0.1) is 12.4 Å². The first kappa shape index (κ1) is 22.3. The standard InChI is InChI=1S/C21H31ClN2O2.ClH/c1-17-15-19(5-6-20(17)22)26-16-21(25)24-13-8-18(9-14-24)7-12-23-10-3-2-4-11-23;/h5-6,15,18H,2-4,7-14,16H2,1H3;1H. The highest BCUT2D eigenvalue weighted by Crippen LogP contribution is 2.23. The molecule has 0 aromatic heterocycles. The summed E-state index contributed by atoms with van der Waals surface area (Å²) in [4.78, 5) is 17.0. The quantitative estimate of drug-likeness (QED) is 0.683. The molecular formula is C21H32Cl2N2O2. The minimum absolute atomic E-state index is 0. The third-order valence-corrected chi connectivity index (χ3v) is 6.19. The Bertz CT molecular complexity index is 598. The third-order valence-electron chi connectivity index (χ3n) is 5.76. The Morgan fingerprint density at radius 1 is 1.15 bits per heavy atom. The molecule has 3 rings (SSSR count). The van der Waals surface area contributed by atoms with Crippen LogP contribution in [-0.4, -0.2) is 55.0 Å². The SMILES string of the molecule is Cc1cc(OCC(=O)N2CCC(CCN3CCCCC3)CC2)ccc1Cl.Cl. The van der Waals surface area contributed by atoms with Crippen molar-refractivity contribution in [3.8, 4) is 5.75 Å². The molecule has 0 unspecified atom stereocenters. The lowest BCUT2D eigenvalue weighted by molar-refractivity contribution is -0.134. The fourth-order valence-corrected chi connectivity index (χ4v) is 4.08. The zero-order valence-corrected chi connectivity index (χ0v) is 17.9. The number of hydrogen-bond donors (Lipinski definition) is 0. The molecular weight excluding hydrogens is 383 g/mol. The molecule has 1 aromatic carbocycles. The van der Waals surface area contributed by atoms with E-state index in [2.05, 4.69) is 4.90 Å². The topological polar surface area (TPSA) is 32.8 Å². The van der Waals surface area contributed by atoms with Crippen molar-refractivity contribution in [3.63, 3.8) is 0 Å². The number of amides is 1. The highest BCUT2D eigenvalue weighted by Gasteiger charge is 2.23. The molecule has 6 heteroatoms. The summed E-state index contributed by atoms with van der Waals surface area (Å²) in [7, 11) is 0. The molecule has 2 aliphatic heterocycles. The first-order chi connectivity index (χ1) is 12.6. The van der Waals surface area contributed by atoms with Crippen LogP contribution in [0.1, 0.15) is 44.1 Å². The van der Waals surface area contributed by atoms with Gasteiger partial charge in [-0.25, -0.2) is 0 Å². The van der Waals surface area contributed by atoms with E-state index in [-0.39, 0.29) is 24.9 Å². The number of piperidine rings is 2. The number of nitrogens with zero attached hydrogens (tertiary/aromatic N) is 2. The Kier molecular flexibility index (Phi) is 9.20. The molecule has 0 bridgehead atoms. The van der Waals surface area contributed by atoms with Gasteiger partial charge in [0, 0.05) is 18.1 Å². The summed E-state index contributed by atoms with van der Waals surface area (Å²) in [6.45, 7) is 7.57. The summed E-state index contributed by atoms with van der Waals surface area (Å²) in [5.74, 6) is 1.56. The number of hydrogen-bond acceptors (Lipinski definition) is 3. The Balaban J connectivity index is 0.00000261. The van der Waals surface area contributed by atoms with E-state index >= 15 is 0 Å². The molecule has 1 amide bonds. The molecule has 2 saturated heterocycles. The predicted octanol–water partition coefficient (Wildman–Crippen LogP) is 4.56. The van der Waals surface area contributed by atoms with E-state index in [1.807, 2.05) is 30.0 Å². The van der Waals surface area contributed by atoms with Crippen LogP contribution in [0.2, 0.25) is 5.02 Å². The van der Waals surface area contributed by atoms with E-state index in [9.17, 15) is 4.79 Å². The van der Waals surface area contributed by atoms with Crippen LogP contribution >= 0.6 is 24.0 Å². The summed E-state index contributed by atoms with van der Waals surface area (Å²) in [5.41, 5.74) is 0.964. The molecule has 0 radical (unpaired) electrons. The minimum atomic E-state index is 0. The van der Waals surface area contributed by atoms with Crippen LogP contribution in [0.3, 0.4) is 0 Å². The van der Waals surface area contributed by atoms with Gasteiger partial charge >= 0.3 is 0 Å². The lowest BCUT2D eigenvalue weighted by Gasteiger charge is -2.34. The monoisotopic (exact) mass is 414 g/mol. The highest BCUT2D eigenvalue weighted by molar-refractivity contribution is 6.31. The molecule has 4 nitrogen and oxygen atoms in total. The molecule has 0 N–H and O–H groups in total. The van der Waals surface area contributed by atoms with Gasteiger partial charge in [0.15, 0.2) is 6.61 Å². The van der Waals surface area contributed by atoms with Crippen LogP contribution in [-0.2, 0) is 4.79 Å². The molecule has 0 atom stereocenters. The highest BCUT2D eigenvalue weighted by atomic mass is 35.5. The summed E-state index contributed by atoms with van der Waals surface area (Å²) in [5, 5.41) is 0.718. The number of halogens is 2. The van der Waals surface area contributed by atoms with Crippen molar-refractivity contribution < 1.29 is 9.53 Å². The molecule has 0 aliphatic carbocycles. The van der Waals surface area contributed by atoms with Crippen LogP contribution < -0.4 is 4.74 Å². The summed E-state index contributed by atoms with van der Waals surface area (Å²) < 4.78 is 5.65. The van der Waals surface area contributed by atoms with Crippen molar-refractivity contribution >= 4 is 29.9 Å². The largest absolute Gasteiger partial charge is 0.484 e. The Morgan fingerprint density at radius 3 is 2.52 bits per heavy atom. The van der Waals surface area contributed by atoms with Crippen LogP contribution in [0.25, 0.3) is 0 Å². The van der Waals surface area contributed by atoms with Gasteiger partial charge in [-0.2, -0.15) is 0 Å². The molecule has 152 valence electrons. The molecule has 27 heavy (non-hydrogen) atoms. The number of ether oxygens (including phenoxy) is 1. The van der Waals surface area contributed by atoms with Crippen LogP contribution in [0, 0.1) is 12.8 Å². The van der Waals surface area contributed by atoms with Gasteiger partial charge in [-0.3, -0.25) is 4.79 Å². The van der Waals surface area contributed by atoms with Gasteiger partial charge < -0.3 is 14.5 Å². The van der Waals surface area contributed by atoms with E-state index < -0.39 is 0 Å². The summed E-state index contributed by atoms with van der Waals surface area (Å²) in [6.07, 6.45) is 7.65. The lowest BCUT2D eigenvalue weighted by Crippen LogP contribution is -2.41. The van der Waals surface area contributed by atoms with Crippen LogP contribution in [0.4, 0.5) is 0 Å². The van der Waals surface area contributed by atoms with Crippen molar-refractivity contribution in [2.75, 3.05) is 39.3 Å². The summed E-state index contributed by atoms with van der Waals surface area (Å²) in [6, 6.07) is 5.50. The van der Waals surface area contributed by atoms with Crippen LogP contribution in [0.15, 0.2) is 18.2 Å². The van der Waals surface area contributed by atoms with E-state index in [0.717, 1.165) is 42.4 Å². The molecule has 2 heterocycles. The minimum Gasteiger partial charge on any atom is -0.484 e. The smallest absolute Gasteiger partial charge is 0.260 e. The van der Waals surface area contributed by atoms with Crippen molar-refractivity contribution in [3.05, 3.63) is 28.8 Å². The number of aryl methyl sites for hydroxylation is 1. The zero-order valence-electron chi connectivity index (χ0n) is 16.3. The lowest BCUT2D eigenvalue weighted by atomic mass is 9.93. The van der Waals surface area contributed by atoms with Gasteiger partial charge in [0.25, 0.3) is 5.91 Å². The van der Waals surface area contributed by atoms with Crippen LogP contribution in [0.5, 0.6) is 5.75 Å². The molecule has 0 spiro atoms. The zero-order chi connectivity index (χ0) is 18.4. The third kappa shape index (κ3) is 6.85. The fourth-order valence-electron chi connectivity index (χ4n) is 3.96. The van der Waals surface area contributed by atoms with E-state index in [1.54, 1.807) is 0 Å². The Hall–Kier alpha value is -0.970. The maximum atomic E-state index is 12.4. The Morgan fingerprint density at radius 2 is 1.85 bits per heavy atom. The first-order valence-electron chi connectivity index (χ1n) is 10.0. The van der Waals surface area contributed by atoms with Gasteiger partial charge in [0.2, 0.25) is 0 Å². The normalized spacial score (nSPS) is 18.8. The fraction of sp³-hybridized carbons (Fsp3) is 0.667. The van der Waals surface area contributed by atoms with Gasteiger partial charge in [-0.05, 0) is 88.3 Å². The average molecular weight is 415 g/mol. The Labute approximate surface area is 174 Å². The number of likely N-dealkylation sites (tertiary alicyclic amines) is 2. The average Bonchev–Trinajstić information content (AvgIpc) is 2.68. The van der Waals surface area contributed by atoms with Gasteiger partial charge in [0.05, 0.1) is 0 Å². The second kappa shape index (κ2) is 11.1. The van der Waals surface area contributed by atoms with E-state index in [4.69, 9.17) is 16.3 Å². The predicted molar refractivity (Wildman–Crippen MR) is 113 cm³/mol. The number of benzene rings is 1. The second-order valence-corrected chi connectivity index (χ2v) is 8.12. The first-order valence-corrected chi connectivity index (χ1v) is 10.4. The molecule has 1 aromatic rings. The number of carbonyl (C=O) groups excluding carboxylic acids is 1. The van der Waals surface area contributed by atoms with Crippen molar-refractivity contribution in [1.29, 1.82) is 0 Å². The molecule has 2 aliphatic rings. The second-order valence-electron chi connectivity index (χ2n) is 7.71. The maximum Gasteiger partial charge on any atom is 0.260 e. The molecule has 2 fully saturated rings. The number of carbonyl (C=O) groups is 1. The van der Waals surface area contributed by atoms with Crippen molar-refractivity contribution in [1.82, 2.24) is 9.80 Å². The maximum absolute atomic E-state index is 12.4.